The molecule has 0 fully saturated rings. The number of rotatable bonds is 6. The summed E-state index contributed by atoms with van der Waals surface area (Å²) in [4.78, 5) is 27.8. The van der Waals surface area contributed by atoms with Gasteiger partial charge in [-0.3, -0.25) is 9.59 Å². The number of nitrogens with zero attached hydrogens (tertiary/aromatic N) is 2. The molecule has 0 aliphatic rings. The molecule has 2 aromatic carbocycles. The van der Waals surface area contributed by atoms with Crippen molar-refractivity contribution in [2.24, 2.45) is 0 Å². The van der Waals surface area contributed by atoms with Gasteiger partial charge in [0.15, 0.2) is 0 Å². The molecule has 8 heteroatoms. The molecule has 27 heavy (non-hydrogen) atoms. The van der Waals surface area contributed by atoms with Gasteiger partial charge in [0, 0.05) is 0 Å². The van der Waals surface area contributed by atoms with E-state index in [1.54, 1.807) is 43.3 Å². The van der Waals surface area contributed by atoms with Crippen LogP contribution in [-0.4, -0.2) is 27.1 Å². The van der Waals surface area contributed by atoms with E-state index >= 15 is 0 Å². The van der Waals surface area contributed by atoms with E-state index in [1.807, 2.05) is 0 Å². The average molecular weight is 369 g/mol. The van der Waals surface area contributed by atoms with Crippen molar-refractivity contribution >= 4 is 11.9 Å². The number of carboxylic acid groups (broad SMARTS) is 1. The van der Waals surface area contributed by atoms with Crippen LogP contribution in [0.1, 0.15) is 29.5 Å². The molecule has 0 bridgehead atoms. The SMILES string of the molecule is CC(CC(=O)O)(NC(=O)c1noc(-c2ccccc2F)n1)c1ccccc1. The number of halogens is 1. The summed E-state index contributed by atoms with van der Waals surface area (Å²) >= 11 is 0. The second-order valence-electron chi connectivity index (χ2n) is 6.13. The van der Waals surface area contributed by atoms with E-state index in [9.17, 15) is 19.1 Å². The minimum Gasteiger partial charge on any atom is -0.481 e. The topological polar surface area (TPSA) is 105 Å². The van der Waals surface area contributed by atoms with Crippen LogP contribution in [0.15, 0.2) is 59.1 Å². The van der Waals surface area contributed by atoms with Crippen LogP contribution >= 0.6 is 0 Å². The van der Waals surface area contributed by atoms with Crippen LogP contribution in [0.4, 0.5) is 4.39 Å². The Morgan fingerprint density at radius 3 is 2.48 bits per heavy atom. The summed E-state index contributed by atoms with van der Waals surface area (Å²) in [5, 5.41) is 15.5. The van der Waals surface area contributed by atoms with E-state index in [-0.39, 0.29) is 23.7 Å². The van der Waals surface area contributed by atoms with Gasteiger partial charge in [0.2, 0.25) is 0 Å². The third-order valence-corrected chi connectivity index (χ3v) is 4.04. The Morgan fingerprint density at radius 2 is 1.81 bits per heavy atom. The molecular formula is C19H16FN3O4. The van der Waals surface area contributed by atoms with E-state index < -0.39 is 23.2 Å². The highest BCUT2D eigenvalue weighted by Crippen LogP contribution is 2.26. The predicted octanol–water partition coefficient (Wildman–Crippen LogP) is 3.00. The molecular weight excluding hydrogens is 353 g/mol. The van der Waals surface area contributed by atoms with Crippen molar-refractivity contribution in [2.45, 2.75) is 18.9 Å². The van der Waals surface area contributed by atoms with E-state index in [0.717, 1.165) is 0 Å². The number of carbonyl (C=O) groups is 2. The molecule has 1 unspecified atom stereocenters. The highest BCUT2D eigenvalue weighted by atomic mass is 19.1. The minimum atomic E-state index is -1.19. The minimum absolute atomic E-state index is 0.0698. The van der Waals surface area contributed by atoms with Crippen LogP contribution in [0.2, 0.25) is 0 Å². The van der Waals surface area contributed by atoms with Crippen molar-refractivity contribution in [3.8, 4) is 11.5 Å². The van der Waals surface area contributed by atoms with Gasteiger partial charge in [0.1, 0.15) is 5.82 Å². The molecule has 138 valence electrons. The molecule has 1 amide bonds. The lowest BCUT2D eigenvalue weighted by Gasteiger charge is -2.29. The fourth-order valence-electron chi connectivity index (χ4n) is 2.69. The maximum Gasteiger partial charge on any atom is 0.306 e. The van der Waals surface area contributed by atoms with Crippen LogP contribution in [0, 0.1) is 5.82 Å². The van der Waals surface area contributed by atoms with Crippen LogP contribution < -0.4 is 5.32 Å². The highest BCUT2D eigenvalue weighted by molar-refractivity contribution is 5.91. The number of aromatic nitrogens is 2. The lowest BCUT2D eigenvalue weighted by Crippen LogP contribution is -2.45. The van der Waals surface area contributed by atoms with Gasteiger partial charge in [-0.05, 0) is 24.6 Å². The molecule has 1 atom stereocenters. The quantitative estimate of drug-likeness (QED) is 0.692. The van der Waals surface area contributed by atoms with Crippen LogP contribution in [0.25, 0.3) is 11.5 Å². The molecule has 0 spiro atoms. The Balaban J connectivity index is 1.87. The molecule has 3 rings (SSSR count). The number of nitrogens with one attached hydrogen (secondary N) is 1. The highest BCUT2D eigenvalue weighted by Gasteiger charge is 2.33. The number of carbonyl (C=O) groups excluding carboxylic acids is 1. The number of hydrogen-bond donors (Lipinski definition) is 2. The fourth-order valence-corrected chi connectivity index (χ4v) is 2.69. The monoisotopic (exact) mass is 369 g/mol. The largest absolute Gasteiger partial charge is 0.481 e. The zero-order valence-corrected chi connectivity index (χ0v) is 14.3. The smallest absolute Gasteiger partial charge is 0.306 e. The van der Waals surface area contributed by atoms with E-state index in [4.69, 9.17) is 4.52 Å². The van der Waals surface area contributed by atoms with Crippen LogP contribution in [0.5, 0.6) is 0 Å². The van der Waals surface area contributed by atoms with Crippen molar-refractivity contribution in [1.29, 1.82) is 0 Å². The van der Waals surface area contributed by atoms with Gasteiger partial charge in [-0.1, -0.05) is 47.6 Å². The van der Waals surface area contributed by atoms with Gasteiger partial charge >= 0.3 is 5.97 Å². The summed E-state index contributed by atoms with van der Waals surface area (Å²) in [6, 6.07) is 14.5. The van der Waals surface area contributed by atoms with Gasteiger partial charge < -0.3 is 14.9 Å². The van der Waals surface area contributed by atoms with Gasteiger partial charge in [-0.25, -0.2) is 4.39 Å². The maximum atomic E-state index is 13.8. The van der Waals surface area contributed by atoms with Gasteiger partial charge in [0.05, 0.1) is 17.5 Å². The first kappa shape index (κ1) is 18.2. The number of amides is 1. The standard InChI is InChI=1S/C19H16FN3O4/c1-19(11-15(24)25,12-7-3-2-4-8-12)22-17(26)16-21-18(27-23-16)13-9-5-6-10-14(13)20/h2-10H,11H2,1H3,(H,22,26)(H,24,25). The first-order valence-corrected chi connectivity index (χ1v) is 8.07. The predicted molar refractivity (Wildman–Crippen MR) is 93.2 cm³/mol. The van der Waals surface area contributed by atoms with Crippen molar-refractivity contribution < 1.29 is 23.6 Å². The summed E-state index contributed by atoms with van der Waals surface area (Å²) in [5.41, 5.74) is -0.512. The van der Waals surface area contributed by atoms with Crippen molar-refractivity contribution in [2.75, 3.05) is 0 Å². The summed E-state index contributed by atoms with van der Waals surface area (Å²) in [7, 11) is 0. The maximum absolute atomic E-state index is 13.8. The normalized spacial score (nSPS) is 13.0. The number of hydrogen-bond acceptors (Lipinski definition) is 5. The zero-order chi connectivity index (χ0) is 19.4. The lowest BCUT2D eigenvalue weighted by molar-refractivity contribution is -0.138. The second-order valence-corrected chi connectivity index (χ2v) is 6.13. The number of benzene rings is 2. The summed E-state index contributed by atoms with van der Waals surface area (Å²) < 4.78 is 18.8. The first-order chi connectivity index (χ1) is 12.9. The molecule has 0 aliphatic heterocycles. The Labute approximate surface area is 153 Å². The van der Waals surface area contributed by atoms with E-state index in [1.165, 1.54) is 18.2 Å². The third-order valence-electron chi connectivity index (χ3n) is 4.04. The summed E-state index contributed by atoms with van der Waals surface area (Å²) in [6.45, 7) is 1.59. The molecule has 0 radical (unpaired) electrons. The number of carboxylic acids is 1. The summed E-state index contributed by atoms with van der Waals surface area (Å²) in [5.74, 6) is -2.83. The number of aliphatic carboxylic acids is 1. The van der Waals surface area contributed by atoms with Gasteiger partial charge in [-0.15, -0.1) is 0 Å². The third kappa shape index (κ3) is 4.00. The Hall–Kier alpha value is -3.55. The molecule has 0 saturated carbocycles. The van der Waals surface area contributed by atoms with Crippen molar-refractivity contribution in [3.63, 3.8) is 0 Å². The summed E-state index contributed by atoms with van der Waals surface area (Å²) in [6.07, 6.45) is -0.346. The zero-order valence-electron chi connectivity index (χ0n) is 14.3. The Bertz CT molecular complexity index is 974. The molecule has 1 heterocycles. The average Bonchev–Trinajstić information content (AvgIpc) is 3.12. The molecule has 7 nitrogen and oxygen atoms in total. The fraction of sp³-hybridized carbons (Fsp3) is 0.158. The van der Waals surface area contributed by atoms with Crippen LogP contribution in [-0.2, 0) is 10.3 Å². The second kappa shape index (κ2) is 7.36. The van der Waals surface area contributed by atoms with Gasteiger partial charge in [-0.2, -0.15) is 4.98 Å². The lowest BCUT2D eigenvalue weighted by atomic mass is 9.88. The van der Waals surface area contributed by atoms with E-state index in [2.05, 4.69) is 15.5 Å². The Morgan fingerprint density at radius 1 is 1.15 bits per heavy atom. The van der Waals surface area contributed by atoms with Crippen LogP contribution in [0.3, 0.4) is 0 Å². The Kier molecular flexibility index (Phi) is 4.98. The molecule has 0 aliphatic carbocycles. The molecule has 1 aromatic heterocycles. The van der Waals surface area contributed by atoms with Crippen molar-refractivity contribution in [3.05, 3.63) is 71.8 Å². The molecule has 3 aromatic rings. The van der Waals surface area contributed by atoms with Crippen molar-refractivity contribution in [1.82, 2.24) is 15.5 Å². The van der Waals surface area contributed by atoms with Gasteiger partial charge in [0.25, 0.3) is 17.6 Å². The first-order valence-electron chi connectivity index (χ1n) is 8.07. The molecule has 2 N–H and O–H groups in total. The van der Waals surface area contributed by atoms with E-state index in [0.29, 0.717) is 5.56 Å². The molecule has 0 saturated heterocycles.